The van der Waals surface area contributed by atoms with Crippen LogP contribution in [0.5, 0.6) is 0 Å². The molecule has 0 radical (unpaired) electrons. The van der Waals surface area contributed by atoms with E-state index in [1.54, 1.807) is 12.1 Å². The van der Waals surface area contributed by atoms with E-state index in [2.05, 4.69) is 51.5 Å². The molecule has 1 aliphatic carbocycles. The van der Waals surface area contributed by atoms with Crippen molar-refractivity contribution in [2.24, 2.45) is 0 Å². The molecule has 0 bridgehead atoms. The van der Waals surface area contributed by atoms with Crippen molar-refractivity contribution in [2.75, 3.05) is 36.4 Å². The van der Waals surface area contributed by atoms with Crippen molar-refractivity contribution in [2.45, 2.75) is 24.8 Å². The van der Waals surface area contributed by atoms with E-state index < -0.39 is 0 Å². The number of nitrogens with zero attached hydrogens (tertiary/aromatic N) is 2. The van der Waals surface area contributed by atoms with E-state index >= 15 is 0 Å². The third kappa shape index (κ3) is 3.41. The van der Waals surface area contributed by atoms with Crippen LogP contribution in [0.25, 0.3) is 10.8 Å². The number of halogens is 1. The molecule has 2 heterocycles. The summed E-state index contributed by atoms with van der Waals surface area (Å²) >= 11 is 0. The lowest BCUT2D eigenvalue weighted by Crippen LogP contribution is -2.50. The Labute approximate surface area is 210 Å². The van der Waals surface area contributed by atoms with Crippen LogP contribution in [0.15, 0.2) is 78.9 Å². The highest BCUT2D eigenvalue weighted by atomic mass is 19.1. The third-order valence-corrected chi connectivity index (χ3v) is 8.31. The average molecular weight is 478 g/mol. The number of nitrogens with one attached hydrogen (secondary N) is 1. The summed E-state index contributed by atoms with van der Waals surface area (Å²) in [6, 6.07) is 26.4. The van der Waals surface area contributed by atoms with Crippen LogP contribution in [0.1, 0.15) is 39.9 Å². The van der Waals surface area contributed by atoms with Gasteiger partial charge in [-0.25, -0.2) is 4.39 Å². The zero-order valence-corrected chi connectivity index (χ0v) is 20.1. The lowest BCUT2D eigenvalue weighted by atomic mass is 9.94. The van der Waals surface area contributed by atoms with Gasteiger partial charge >= 0.3 is 0 Å². The van der Waals surface area contributed by atoms with E-state index in [1.807, 2.05) is 30.3 Å². The predicted molar refractivity (Wildman–Crippen MR) is 142 cm³/mol. The first-order valence-corrected chi connectivity index (χ1v) is 12.8. The smallest absolute Gasteiger partial charge is 0.256 e. The van der Waals surface area contributed by atoms with Crippen molar-refractivity contribution in [1.29, 1.82) is 0 Å². The summed E-state index contributed by atoms with van der Waals surface area (Å²) in [6.45, 7) is 3.60. The van der Waals surface area contributed by atoms with Crippen molar-refractivity contribution < 1.29 is 9.18 Å². The Balaban J connectivity index is 1.08. The topological polar surface area (TPSA) is 35.6 Å². The lowest BCUT2D eigenvalue weighted by Gasteiger charge is -2.41. The first-order valence-electron chi connectivity index (χ1n) is 12.8. The molecule has 0 aromatic heterocycles. The maximum absolute atomic E-state index is 14.2. The number of carbonyl (C=O) groups excluding carboxylic acids is 1. The van der Waals surface area contributed by atoms with Crippen LogP contribution in [-0.4, -0.2) is 37.0 Å². The Morgan fingerprint density at radius 2 is 1.61 bits per heavy atom. The number of para-hydroxylation sites is 1. The Kier molecular flexibility index (Phi) is 4.90. The summed E-state index contributed by atoms with van der Waals surface area (Å²) in [5.41, 5.74) is 6.44. The normalized spacial score (nSPS) is 18.5. The molecule has 7 rings (SSSR count). The van der Waals surface area contributed by atoms with Crippen LogP contribution in [-0.2, 0) is 12.0 Å². The van der Waals surface area contributed by atoms with Gasteiger partial charge in [-0.3, -0.25) is 9.69 Å². The molecular formula is C31H28FN3O. The summed E-state index contributed by atoms with van der Waals surface area (Å²) in [5, 5.41) is 5.17. The van der Waals surface area contributed by atoms with Crippen LogP contribution in [0, 0.1) is 5.82 Å². The maximum Gasteiger partial charge on any atom is 0.256 e. The van der Waals surface area contributed by atoms with Crippen LogP contribution in [0.3, 0.4) is 0 Å². The minimum absolute atomic E-state index is 0.0124. The molecule has 5 heteroatoms. The number of anilines is 2. The van der Waals surface area contributed by atoms with Gasteiger partial charge in [-0.05, 0) is 65.6 Å². The van der Waals surface area contributed by atoms with Crippen LogP contribution in [0.2, 0.25) is 0 Å². The van der Waals surface area contributed by atoms with Gasteiger partial charge in [-0.1, -0.05) is 54.6 Å². The van der Waals surface area contributed by atoms with Crippen molar-refractivity contribution >= 4 is 28.1 Å². The van der Waals surface area contributed by atoms with Gasteiger partial charge < -0.3 is 10.2 Å². The molecule has 2 fully saturated rings. The molecule has 3 aliphatic rings. The van der Waals surface area contributed by atoms with E-state index in [1.165, 1.54) is 29.5 Å². The van der Waals surface area contributed by atoms with E-state index in [0.29, 0.717) is 0 Å². The quantitative estimate of drug-likeness (QED) is 0.386. The van der Waals surface area contributed by atoms with Gasteiger partial charge in [0, 0.05) is 48.4 Å². The van der Waals surface area contributed by atoms with Gasteiger partial charge in [0.25, 0.3) is 5.91 Å². The Morgan fingerprint density at radius 3 is 2.36 bits per heavy atom. The zero-order valence-electron chi connectivity index (χ0n) is 20.1. The Hall–Kier alpha value is -3.70. The average Bonchev–Trinajstić information content (AvgIpc) is 3.66. The second-order valence-corrected chi connectivity index (χ2v) is 10.3. The maximum atomic E-state index is 14.2. The van der Waals surface area contributed by atoms with Crippen LogP contribution in [0.4, 0.5) is 15.8 Å². The van der Waals surface area contributed by atoms with Crippen molar-refractivity contribution in [1.82, 2.24) is 4.90 Å². The first-order chi connectivity index (χ1) is 17.6. The number of hydrogen-bond acceptors (Lipinski definition) is 3. The monoisotopic (exact) mass is 477 g/mol. The molecule has 4 nitrogen and oxygen atoms in total. The molecule has 1 amide bonds. The van der Waals surface area contributed by atoms with Crippen molar-refractivity contribution in [3.8, 4) is 0 Å². The minimum Gasteiger partial charge on any atom is -0.367 e. The number of carbonyl (C=O) groups is 1. The summed E-state index contributed by atoms with van der Waals surface area (Å²) in [5.74, 6) is -0.146. The SMILES string of the molecule is O=C1Nc2ccc(Cc3ccc(C4(N5CCN(c6ccccc6F)CC5)CC4)cc3)c3cccc1c23. The molecule has 1 saturated heterocycles. The second kappa shape index (κ2) is 8.17. The number of piperazine rings is 1. The number of benzene rings is 4. The zero-order chi connectivity index (χ0) is 24.3. The molecule has 1 saturated carbocycles. The fraction of sp³-hybridized carbons (Fsp3) is 0.258. The molecule has 2 aliphatic heterocycles. The molecule has 36 heavy (non-hydrogen) atoms. The second-order valence-electron chi connectivity index (χ2n) is 10.3. The molecule has 0 unspecified atom stereocenters. The Bertz CT molecular complexity index is 1480. The fourth-order valence-corrected chi connectivity index (χ4v) is 6.25. The van der Waals surface area contributed by atoms with Crippen molar-refractivity contribution in [3.05, 3.63) is 107 Å². The number of rotatable bonds is 5. The molecule has 0 spiro atoms. The van der Waals surface area contributed by atoms with Gasteiger partial charge in [-0.15, -0.1) is 0 Å². The van der Waals surface area contributed by atoms with Gasteiger partial charge in [0.05, 0.1) is 5.69 Å². The molecule has 4 aromatic carbocycles. The summed E-state index contributed by atoms with van der Waals surface area (Å²) < 4.78 is 14.2. The largest absolute Gasteiger partial charge is 0.367 e. The van der Waals surface area contributed by atoms with E-state index in [-0.39, 0.29) is 17.3 Å². The first kappa shape index (κ1) is 21.6. The highest BCUT2D eigenvalue weighted by molar-refractivity contribution is 6.24. The highest BCUT2D eigenvalue weighted by Crippen LogP contribution is 2.51. The van der Waals surface area contributed by atoms with Gasteiger partial charge in [0.15, 0.2) is 0 Å². The third-order valence-electron chi connectivity index (χ3n) is 8.31. The van der Waals surface area contributed by atoms with E-state index in [9.17, 15) is 9.18 Å². The highest BCUT2D eigenvalue weighted by Gasteiger charge is 2.49. The van der Waals surface area contributed by atoms with E-state index in [4.69, 9.17) is 0 Å². The van der Waals surface area contributed by atoms with Crippen LogP contribution >= 0.6 is 0 Å². The number of amides is 1. The van der Waals surface area contributed by atoms with E-state index in [0.717, 1.165) is 60.3 Å². The molecular weight excluding hydrogens is 449 g/mol. The van der Waals surface area contributed by atoms with Crippen LogP contribution < -0.4 is 10.2 Å². The summed E-state index contributed by atoms with van der Waals surface area (Å²) in [7, 11) is 0. The minimum atomic E-state index is -0.134. The molecule has 4 aromatic rings. The Morgan fingerprint density at radius 1 is 0.833 bits per heavy atom. The van der Waals surface area contributed by atoms with Gasteiger partial charge in [0.2, 0.25) is 0 Å². The molecule has 0 atom stereocenters. The summed E-state index contributed by atoms with van der Waals surface area (Å²) in [4.78, 5) is 17.0. The van der Waals surface area contributed by atoms with Gasteiger partial charge in [0.1, 0.15) is 5.82 Å². The molecule has 1 N–H and O–H groups in total. The standard InChI is InChI=1S/C31H28FN3O/c32-26-6-1-2-7-28(26)34-16-18-35(19-17-34)31(14-15-31)23-11-8-21(9-12-23)20-22-10-13-27-29-24(22)4-3-5-25(29)30(36)33-27/h1-13H,14-20H2,(H,33,36). The predicted octanol–water partition coefficient (Wildman–Crippen LogP) is 5.95. The fourth-order valence-electron chi connectivity index (χ4n) is 6.25. The number of hydrogen-bond donors (Lipinski definition) is 1. The molecule has 180 valence electrons. The summed E-state index contributed by atoms with van der Waals surface area (Å²) in [6.07, 6.45) is 3.20. The van der Waals surface area contributed by atoms with Gasteiger partial charge in [-0.2, -0.15) is 0 Å². The van der Waals surface area contributed by atoms with Crippen molar-refractivity contribution in [3.63, 3.8) is 0 Å². The lowest BCUT2D eigenvalue weighted by molar-refractivity contribution is 0.103.